The van der Waals surface area contributed by atoms with Crippen LogP contribution in [0, 0.1) is 10.1 Å². The van der Waals surface area contributed by atoms with Crippen molar-refractivity contribution < 1.29 is 4.92 Å². The van der Waals surface area contributed by atoms with Crippen molar-refractivity contribution in [1.29, 1.82) is 0 Å². The van der Waals surface area contributed by atoms with Crippen LogP contribution in [0.1, 0.15) is 12.0 Å². The zero-order valence-electron chi connectivity index (χ0n) is 12.6. The van der Waals surface area contributed by atoms with Crippen molar-refractivity contribution in [3.05, 3.63) is 39.9 Å². The van der Waals surface area contributed by atoms with Crippen molar-refractivity contribution in [3.8, 4) is 0 Å². The molecule has 0 amide bonds. The summed E-state index contributed by atoms with van der Waals surface area (Å²) in [5.41, 5.74) is 1.31. The highest BCUT2D eigenvalue weighted by atomic mass is 35.5. The molecule has 0 spiro atoms. The van der Waals surface area contributed by atoms with Gasteiger partial charge >= 0.3 is 0 Å². The second-order valence-electron chi connectivity index (χ2n) is 5.88. The third-order valence-corrected chi connectivity index (χ3v) is 4.51. The van der Waals surface area contributed by atoms with E-state index in [9.17, 15) is 10.1 Å². The van der Waals surface area contributed by atoms with Crippen molar-refractivity contribution in [1.82, 2.24) is 15.1 Å². The van der Waals surface area contributed by atoms with Crippen molar-refractivity contribution in [2.75, 3.05) is 39.3 Å². The molecule has 1 aromatic carbocycles. The fraction of sp³-hybridized carbons (Fsp3) is 0.600. The SMILES string of the molecule is Cl.O=[N+]([O-])c1ccc(CN2CCN(C3CCNC3)CC2)cc1. The standard InChI is InChI=1S/C15H22N4O2.ClH/c20-19(21)14-3-1-13(2-4-14)12-17-7-9-18(10-8-17)15-5-6-16-11-15;/h1-4,15-16H,5-12H2;1H. The Labute approximate surface area is 137 Å². The van der Waals surface area contributed by atoms with E-state index in [4.69, 9.17) is 0 Å². The van der Waals surface area contributed by atoms with E-state index < -0.39 is 0 Å². The Bertz CT molecular complexity index is 483. The fourth-order valence-corrected chi connectivity index (χ4v) is 3.22. The molecule has 6 nitrogen and oxygen atoms in total. The number of nitrogens with zero attached hydrogens (tertiary/aromatic N) is 3. The van der Waals surface area contributed by atoms with Gasteiger partial charge in [-0.05, 0) is 18.5 Å². The molecule has 7 heteroatoms. The molecule has 2 aliphatic heterocycles. The summed E-state index contributed by atoms with van der Waals surface area (Å²) in [6.45, 7) is 7.56. The Balaban J connectivity index is 0.00000176. The molecule has 1 unspecified atom stereocenters. The lowest BCUT2D eigenvalue weighted by atomic mass is 10.1. The molecular weight excluding hydrogens is 304 g/mol. The van der Waals surface area contributed by atoms with Crippen molar-refractivity contribution in [2.24, 2.45) is 0 Å². The van der Waals surface area contributed by atoms with Gasteiger partial charge < -0.3 is 5.32 Å². The molecule has 2 saturated heterocycles. The zero-order valence-corrected chi connectivity index (χ0v) is 13.4. The highest BCUT2D eigenvalue weighted by Gasteiger charge is 2.25. The Hall–Kier alpha value is -1.21. The quantitative estimate of drug-likeness (QED) is 0.671. The van der Waals surface area contributed by atoms with Gasteiger partial charge in [0, 0.05) is 57.4 Å². The lowest BCUT2D eigenvalue weighted by molar-refractivity contribution is -0.384. The molecule has 1 atom stereocenters. The van der Waals surface area contributed by atoms with E-state index in [2.05, 4.69) is 15.1 Å². The topological polar surface area (TPSA) is 61.7 Å². The molecule has 2 heterocycles. The highest BCUT2D eigenvalue weighted by Crippen LogP contribution is 2.16. The van der Waals surface area contributed by atoms with Gasteiger partial charge in [0.1, 0.15) is 0 Å². The van der Waals surface area contributed by atoms with Gasteiger partial charge in [-0.2, -0.15) is 0 Å². The predicted molar refractivity (Wildman–Crippen MR) is 88.5 cm³/mol. The Morgan fingerprint density at radius 3 is 2.41 bits per heavy atom. The molecule has 0 saturated carbocycles. The number of halogens is 1. The summed E-state index contributed by atoms with van der Waals surface area (Å²) in [5.74, 6) is 0. The van der Waals surface area contributed by atoms with Gasteiger partial charge in [0.05, 0.1) is 4.92 Å². The van der Waals surface area contributed by atoms with Crippen LogP contribution in [0.4, 0.5) is 5.69 Å². The summed E-state index contributed by atoms with van der Waals surface area (Å²) < 4.78 is 0. The van der Waals surface area contributed by atoms with Crippen LogP contribution in [0.5, 0.6) is 0 Å². The smallest absolute Gasteiger partial charge is 0.269 e. The monoisotopic (exact) mass is 326 g/mol. The minimum Gasteiger partial charge on any atom is -0.315 e. The van der Waals surface area contributed by atoms with Crippen LogP contribution >= 0.6 is 12.4 Å². The molecule has 0 aliphatic carbocycles. The molecule has 1 N–H and O–H groups in total. The fourth-order valence-electron chi connectivity index (χ4n) is 3.22. The first-order valence-corrected chi connectivity index (χ1v) is 7.63. The molecule has 2 aliphatic rings. The average molecular weight is 327 g/mol. The van der Waals surface area contributed by atoms with Gasteiger partial charge in [0.15, 0.2) is 0 Å². The van der Waals surface area contributed by atoms with E-state index in [0.29, 0.717) is 6.04 Å². The number of hydrogen-bond donors (Lipinski definition) is 1. The largest absolute Gasteiger partial charge is 0.315 e. The summed E-state index contributed by atoms with van der Waals surface area (Å²) in [6.07, 6.45) is 1.27. The molecular formula is C15H23ClN4O2. The van der Waals surface area contributed by atoms with Gasteiger partial charge in [0.2, 0.25) is 0 Å². The molecule has 1 aromatic rings. The number of benzene rings is 1. The van der Waals surface area contributed by atoms with Gasteiger partial charge in [-0.1, -0.05) is 12.1 Å². The second kappa shape index (κ2) is 7.87. The maximum Gasteiger partial charge on any atom is 0.269 e. The van der Waals surface area contributed by atoms with Crippen molar-refractivity contribution in [3.63, 3.8) is 0 Å². The number of nitro groups is 1. The minimum atomic E-state index is -0.349. The maximum atomic E-state index is 10.6. The van der Waals surface area contributed by atoms with Crippen LogP contribution in [-0.2, 0) is 6.54 Å². The van der Waals surface area contributed by atoms with Crippen LogP contribution < -0.4 is 5.32 Å². The van der Waals surface area contributed by atoms with E-state index in [1.807, 2.05) is 12.1 Å². The van der Waals surface area contributed by atoms with E-state index >= 15 is 0 Å². The zero-order chi connectivity index (χ0) is 14.7. The predicted octanol–water partition coefficient (Wildman–Crippen LogP) is 1.50. The Morgan fingerprint density at radius 2 is 1.86 bits per heavy atom. The highest BCUT2D eigenvalue weighted by molar-refractivity contribution is 5.85. The lowest BCUT2D eigenvalue weighted by Gasteiger charge is -2.37. The molecule has 0 bridgehead atoms. The molecule has 122 valence electrons. The number of rotatable bonds is 4. The molecule has 2 fully saturated rings. The third kappa shape index (κ3) is 4.16. The number of nitrogens with one attached hydrogen (secondary N) is 1. The van der Waals surface area contributed by atoms with E-state index in [1.165, 1.54) is 6.42 Å². The maximum absolute atomic E-state index is 10.6. The van der Waals surface area contributed by atoms with Gasteiger partial charge in [-0.15, -0.1) is 12.4 Å². The van der Waals surface area contributed by atoms with Crippen LogP contribution in [0.25, 0.3) is 0 Å². The first kappa shape index (κ1) is 17.1. The van der Waals surface area contributed by atoms with Crippen LogP contribution in [0.15, 0.2) is 24.3 Å². The minimum absolute atomic E-state index is 0. The van der Waals surface area contributed by atoms with Crippen molar-refractivity contribution >= 4 is 18.1 Å². The molecule has 0 aromatic heterocycles. The average Bonchev–Trinajstić information content (AvgIpc) is 3.03. The molecule has 0 radical (unpaired) electrons. The normalized spacial score (nSPS) is 23.2. The van der Waals surface area contributed by atoms with Crippen LogP contribution in [0.3, 0.4) is 0 Å². The summed E-state index contributed by atoms with van der Waals surface area (Å²) in [5, 5.41) is 14.1. The van der Waals surface area contributed by atoms with E-state index in [-0.39, 0.29) is 23.0 Å². The molecule has 3 rings (SSSR count). The van der Waals surface area contributed by atoms with Crippen LogP contribution in [0.2, 0.25) is 0 Å². The van der Waals surface area contributed by atoms with Gasteiger partial charge in [-0.25, -0.2) is 0 Å². The summed E-state index contributed by atoms with van der Waals surface area (Å²) >= 11 is 0. The Morgan fingerprint density at radius 1 is 1.18 bits per heavy atom. The summed E-state index contributed by atoms with van der Waals surface area (Å²) in [6, 6.07) is 7.63. The summed E-state index contributed by atoms with van der Waals surface area (Å²) in [7, 11) is 0. The van der Waals surface area contributed by atoms with Gasteiger partial charge in [0.25, 0.3) is 5.69 Å². The first-order chi connectivity index (χ1) is 10.2. The number of hydrogen-bond acceptors (Lipinski definition) is 5. The summed E-state index contributed by atoms with van der Waals surface area (Å²) in [4.78, 5) is 15.3. The van der Waals surface area contributed by atoms with Crippen LogP contribution in [-0.4, -0.2) is 60.0 Å². The lowest BCUT2D eigenvalue weighted by Crippen LogP contribution is -2.50. The van der Waals surface area contributed by atoms with E-state index in [1.54, 1.807) is 12.1 Å². The van der Waals surface area contributed by atoms with Gasteiger partial charge in [-0.3, -0.25) is 19.9 Å². The van der Waals surface area contributed by atoms with Crippen molar-refractivity contribution in [2.45, 2.75) is 19.0 Å². The molecule has 22 heavy (non-hydrogen) atoms. The number of piperazine rings is 1. The first-order valence-electron chi connectivity index (χ1n) is 7.63. The Kier molecular flexibility index (Phi) is 6.14. The third-order valence-electron chi connectivity index (χ3n) is 4.51. The van der Waals surface area contributed by atoms with E-state index in [0.717, 1.165) is 51.4 Å². The number of nitro benzene ring substituents is 1. The second-order valence-corrected chi connectivity index (χ2v) is 5.88. The number of non-ortho nitro benzene ring substituents is 1.